The van der Waals surface area contributed by atoms with Crippen LogP contribution in [0.15, 0.2) is 42.6 Å². The Balaban J connectivity index is 1.62. The summed E-state index contributed by atoms with van der Waals surface area (Å²) < 4.78 is 5.85. The van der Waals surface area contributed by atoms with Crippen LogP contribution >= 0.6 is 23.2 Å². The van der Waals surface area contributed by atoms with E-state index in [0.717, 1.165) is 5.56 Å². The van der Waals surface area contributed by atoms with Crippen molar-refractivity contribution in [2.45, 2.75) is 19.1 Å². The van der Waals surface area contributed by atoms with E-state index in [2.05, 4.69) is 15.2 Å². The van der Waals surface area contributed by atoms with E-state index in [1.165, 1.54) is 6.20 Å². The van der Waals surface area contributed by atoms with E-state index in [9.17, 15) is 4.79 Å². The molecule has 0 spiro atoms. The maximum Gasteiger partial charge on any atom is 0.242 e. The van der Waals surface area contributed by atoms with E-state index < -0.39 is 0 Å². The van der Waals surface area contributed by atoms with Crippen LogP contribution in [0.2, 0.25) is 10.0 Å². The molecule has 1 N–H and O–H groups in total. The summed E-state index contributed by atoms with van der Waals surface area (Å²) in [5.41, 5.74) is 1.06. The van der Waals surface area contributed by atoms with Gasteiger partial charge >= 0.3 is 0 Å². The van der Waals surface area contributed by atoms with Crippen LogP contribution in [0, 0.1) is 0 Å². The van der Waals surface area contributed by atoms with Crippen LogP contribution in [0.1, 0.15) is 18.6 Å². The number of aromatic nitrogens is 1. The monoisotopic (exact) mass is 379 g/mol. The van der Waals surface area contributed by atoms with Crippen molar-refractivity contribution >= 4 is 34.9 Å². The molecule has 132 valence electrons. The summed E-state index contributed by atoms with van der Waals surface area (Å²) in [4.78, 5) is 18.7. The van der Waals surface area contributed by atoms with Crippen LogP contribution < -0.4 is 5.32 Å². The Hall–Kier alpha value is -1.66. The minimum absolute atomic E-state index is 0.0741. The molecule has 1 aliphatic heterocycles. The fourth-order valence-electron chi connectivity index (χ4n) is 2.75. The molecular weight excluding hydrogens is 361 g/mol. The lowest BCUT2D eigenvalue weighted by Crippen LogP contribution is -2.48. The van der Waals surface area contributed by atoms with Gasteiger partial charge in [0.2, 0.25) is 5.91 Å². The van der Waals surface area contributed by atoms with E-state index >= 15 is 0 Å². The molecule has 25 heavy (non-hydrogen) atoms. The van der Waals surface area contributed by atoms with Gasteiger partial charge in [0.15, 0.2) is 0 Å². The molecule has 0 aliphatic carbocycles. The largest absolute Gasteiger partial charge is 0.371 e. The molecule has 1 amide bonds. The summed E-state index contributed by atoms with van der Waals surface area (Å²) in [6.07, 6.45) is 1.43. The number of morpholine rings is 1. The Morgan fingerprint density at radius 3 is 2.64 bits per heavy atom. The lowest BCUT2D eigenvalue weighted by molar-refractivity contribution is -0.124. The number of nitrogens with zero attached hydrogens (tertiary/aromatic N) is 2. The van der Waals surface area contributed by atoms with Crippen LogP contribution in [0.25, 0.3) is 0 Å². The van der Waals surface area contributed by atoms with Crippen molar-refractivity contribution in [3.63, 3.8) is 0 Å². The van der Waals surface area contributed by atoms with Crippen molar-refractivity contribution in [3.8, 4) is 0 Å². The van der Waals surface area contributed by atoms with Crippen molar-refractivity contribution in [2.75, 3.05) is 25.0 Å². The van der Waals surface area contributed by atoms with Crippen LogP contribution in [0.5, 0.6) is 0 Å². The number of benzene rings is 1. The van der Waals surface area contributed by atoms with Gasteiger partial charge in [0.05, 0.1) is 23.8 Å². The lowest BCUT2D eigenvalue weighted by atomic mass is 10.1. The Morgan fingerprint density at radius 2 is 1.96 bits per heavy atom. The number of carbonyl (C=O) groups excluding carboxylic acids is 1. The maximum absolute atomic E-state index is 12.5. The molecule has 1 aromatic heterocycles. The second-order valence-corrected chi connectivity index (χ2v) is 6.81. The number of amides is 1. The predicted octanol–water partition coefficient (Wildman–Crippen LogP) is 3.79. The Bertz CT molecular complexity index is 722. The molecule has 0 saturated carbocycles. The molecule has 0 radical (unpaired) electrons. The molecule has 2 heterocycles. The van der Waals surface area contributed by atoms with Crippen molar-refractivity contribution in [1.82, 2.24) is 9.88 Å². The molecule has 2 unspecified atom stereocenters. The van der Waals surface area contributed by atoms with E-state index in [1.807, 2.05) is 31.2 Å². The highest BCUT2D eigenvalue weighted by Crippen LogP contribution is 2.25. The average Bonchev–Trinajstić information content (AvgIpc) is 2.63. The number of halogens is 2. The molecule has 2 aromatic rings. The molecular formula is C18H19Cl2N3O2. The fourth-order valence-corrected chi connectivity index (χ4v) is 2.98. The van der Waals surface area contributed by atoms with Gasteiger partial charge in [-0.2, -0.15) is 0 Å². The minimum Gasteiger partial charge on any atom is -0.371 e. The van der Waals surface area contributed by atoms with E-state index in [1.54, 1.807) is 12.1 Å². The summed E-state index contributed by atoms with van der Waals surface area (Å²) in [6, 6.07) is 10.7. The zero-order valence-electron chi connectivity index (χ0n) is 13.8. The maximum atomic E-state index is 12.5. The minimum atomic E-state index is -0.295. The SMILES string of the molecule is CC(C(=O)Nc1ccc(Cl)cn1)N1CCOC(c2ccc(Cl)cc2)C1. The first-order valence-corrected chi connectivity index (χ1v) is 8.82. The first-order chi connectivity index (χ1) is 12.0. The molecule has 1 aliphatic rings. The molecule has 0 bridgehead atoms. The number of ether oxygens (including phenoxy) is 1. The number of hydrogen-bond donors (Lipinski definition) is 1. The third kappa shape index (κ3) is 4.70. The van der Waals surface area contributed by atoms with Crippen molar-refractivity contribution < 1.29 is 9.53 Å². The van der Waals surface area contributed by atoms with Gasteiger partial charge in [-0.15, -0.1) is 0 Å². The Labute approximate surface area is 156 Å². The van der Waals surface area contributed by atoms with Gasteiger partial charge in [0.1, 0.15) is 5.82 Å². The van der Waals surface area contributed by atoms with Gasteiger partial charge in [-0.25, -0.2) is 4.98 Å². The Kier molecular flexibility index (Phi) is 5.91. The highest BCUT2D eigenvalue weighted by Gasteiger charge is 2.28. The lowest BCUT2D eigenvalue weighted by Gasteiger charge is -2.36. The second kappa shape index (κ2) is 8.15. The predicted molar refractivity (Wildman–Crippen MR) is 99.1 cm³/mol. The molecule has 3 rings (SSSR count). The highest BCUT2D eigenvalue weighted by molar-refractivity contribution is 6.30. The van der Waals surface area contributed by atoms with Crippen LogP contribution in [0.4, 0.5) is 5.82 Å². The average molecular weight is 380 g/mol. The van der Waals surface area contributed by atoms with Gasteiger partial charge < -0.3 is 10.1 Å². The standard InChI is InChI=1S/C18H19Cl2N3O2/c1-12(18(24)22-17-7-6-15(20)10-21-17)23-8-9-25-16(11-23)13-2-4-14(19)5-3-13/h2-7,10,12,16H,8-9,11H2,1H3,(H,21,22,24). The summed E-state index contributed by atoms with van der Waals surface area (Å²) in [5, 5.41) is 4.05. The number of pyridine rings is 1. The molecule has 1 fully saturated rings. The third-order valence-electron chi connectivity index (χ3n) is 4.25. The topological polar surface area (TPSA) is 54.5 Å². The molecule has 5 nitrogen and oxygen atoms in total. The van der Waals surface area contributed by atoms with E-state index in [4.69, 9.17) is 27.9 Å². The zero-order chi connectivity index (χ0) is 17.8. The number of anilines is 1. The number of rotatable bonds is 4. The second-order valence-electron chi connectivity index (χ2n) is 5.93. The molecule has 2 atom stereocenters. The van der Waals surface area contributed by atoms with E-state index in [-0.39, 0.29) is 18.1 Å². The number of carbonyl (C=O) groups is 1. The molecule has 1 aromatic carbocycles. The van der Waals surface area contributed by atoms with Crippen molar-refractivity contribution in [2.24, 2.45) is 0 Å². The smallest absolute Gasteiger partial charge is 0.242 e. The van der Waals surface area contributed by atoms with Crippen LogP contribution in [-0.2, 0) is 9.53 Å². The van der Waals surface area contributed by atoms with E-state index in [0.29, 0.717) is 35.6 Å². The Morgan fingerprint density at radius 1 is 1.24 bits per heavy atom. The van der Waals surface area contributed by atoms with Gasteiger partial charge in [-0.05, 0) is 36.8 Å². The first kappa shape index (κ1) is 18.1. The fraction of sp³-hybridized carbons (Fsp3) is 0.333. The zero-order valence-corrected chi connectivity index (χ0v) is 15.3. The van der Waals surface area contributed by atoms with Gasteiger partial charge in [0.25, 0.3) is 0 Å². The molecule has 1 saturated heterocycles. The first-order valence-electron chi connectivity index (χ1n) is 8.06. The normalized spacial score (nSPS) is 19.4. The van der Waals surface area contributed by atoms with Crippen LogP contribution in [-0.4, -0.2) is 41.5 Å². The number of nitrogens with one attached hydrogen (secondary N) is 1. The van der Waals surface area contributed by atoms with Crippen molar-refractivity contribution in [3.05, 3.63) is 58.2 Å². The van der Waals surface area contributed by atoms with Crippen LogP contribution in [0.3, 0.4) is 0 Å². The van der Waals surface area contributed by atoms with Gasteiger partial charge in [0, 0.05) is 24.3 Å². The highest BCUT2D eigenvalue weighted by atomic mass is 35.5. The van der Waals surface area contributed by atoms with Gasteiger partial charge in [-0.1, -0.05) is 35.3 Å². The molecule has 7 heteroatoms. The summed E-state index contributed by atoms with van der Waals surface area (Å²) in [5.74, 6) is 0.385. The summed E-state index contributed by atoms with van der Waals surface area (Å²) >= 11 is 11.8. The van der Waals surface area contributed by atoms with Gasteiger partial charge in [-0.3, -0.25) is 9.69 Å². The summed E-state index contributed by atoms with van der Waals surface area (Å²) in [7, 11) is 0. The van der Waals surface area contributed by atoms with Crippen molar-refractivity contribution in [1.29, 1.82) is 0 Å². The summed E-state index contributed by atoms with van der Waals surface area (Å²) in [6.45, 7) is 3.80. The quantitative estimate of drug-likeness (QED) is 0.877. The number of hydrogen-bond acceptors (Lipinski definition) is 4. The third-order valence-corrected chi connectivity index (χ3v) is 4.72.